The van der Waals surface area contributed by atoms with E-state index in [1.54, 1.807) is 0 Å². The highest BCUT2D eigenvalue weighted by Gasteiger charge is 2.78. The number of aliphatic imine (C=N–C) groups is 1. The fourth-order valence-corrected chi connectivity index (χ4v) is 2.43. The summed E-state index contributed by atoms with van der Waals surface area (Å²) in [4.78, 5) is 17.7. The molecule has 0 aliphatic rings. The Hall–Kier alpha value is -1.08. The molecule has 0 aliphatic carbocycles. The van der Waals surface area contributed by atoms with E-state index in [2.05, 4.69) is 19.1 Å². The van der Waals surface area contributed by atoms with Gasteiger partial charge in [0, 0.05) is 20.6 Å². The molecule has 0 bridgehead atoms. The molecular formula is C11H18F10N3O2P. The van der Waals surface area contributed by atoms with Crippen LogP contribution >= 0.6 is 7.37 Å². The first kappa shape index (κ1) is 28.1. The van der Waals surface area contributed by atoms with Gasteiger partial charge in [-0.15, -0.1) is 0 Å². The van der Waals surface area contributed by atoms with Crippen molar-refractivity contribution in [2.24, 2.45) is 4.99 Å². The van der Waals surface area contributed by atoms with Crippen LogP contribution in [-0.2, 0) is 4.57 Å². The molecule has 0 amide bonds. The fraction of sp³-hybridized carbons (Fsp3) is 0.909. The number of quaternary nitrogens is 1. The summed E-state index contributed by atoms with van der Waals surface area (Å²) in [7, 11) is -0.322. The molecule has 0 heterocycles. The Labute approximate surface area is 148 Å². The molecule has 0 atom stereocenters. The van der Waals surface area contributed by atoms with Crippen LogP contribution in [0.2, 0.25) is 0 Å². The summed E-state index contributed by atoms with van der Waals surface area (Å²) in [5.74, 6) is 1.10. The van der Waals surface area contributed by atoms with Crippen LogP contribution in [0.25, 0.3) is 0 Å². The summed E-state index contributed by atoms with van der Waals surface area (Å²) < 4.78 is 127. The van der Waals surface area contributed by atoms with E-state index in [0.717, 1.165) is 12.5 Å². The van der Waals surface area contributed by atoms with Crippen molar-refractivity contribution in [2.75, 3.05) is 34.7 Å². The van der Waals surface area contributed by atoms with Crippen LogP contribution < -0.4 is 9.79 Å². The van der Waals surface area contributed by atoms with Gasteiger partial charge < -0.3 is 14.4 Å². The highest BCUT2D eigenvalue weighted by molar-refractivity contribution is 7.59. The maximum Gasteiger partial charge on any atom is 0.459 e. The molecule has 0 aliphatic heterocycles. The monoisotopic (exact) mass is 445 g/mol. The van der Waals surface area contributed by atoms with E-state index in [0.29, 0.717) is 0 Å². The molecule has 0 unspecified atom stereocenters. The van der Waals surface area contributed by atoms with Crippen molar-refractivity contribution in [1.29, 1.82) is 0 Å². The minimum Gasteiger partial charge on any atom is -0.790 e. The molecule has 0 rings (SSSR count). The summed E-state index contributed by atoms with van der Waals surface area (Å²) >= 11 is 0. The topological polar surface area (TPSA) is 60.2 Å². The van der Waals surface area contributed by atoms with Crippen molar-refractivity contribution in [2.45, 2.75) is 30.6 Å². The summed E-state index contributed by atoms with van der Waals surface area (Å²) in [6, 6.07) is 0. The number of rotatable bonds is 3. The van der Waals surface area contributed by atoms with Crippen LogP contribution in [0.4, 0.5) is 43.9 Å². The van der Waals surface area contributed by atoms with Gasteiger partial charge in [-0.05, 0) is 6.92 Å². The van der Waals surface area contributed by atoms with Crippen LogP contribution in [0.3, 0.4) is 0 Å². The molecule has 0 aromatic heterocycles. The van der Waals surface area contributed by atoms with Crippen molar-refractivity contribution >= 4 is 13.3 Å². The minimum atomic E-state index is -8.51. The lowest BCUT2D eigenvalue weighted by Gasteiger charge is -2.38. The smallest absolute Gasteiger partial charge is 0.459 e. The number of alkyl halides is 10. The lowest BCUT2D eigenvalue weighted by atomic mass is 10.7. The molecule has 0 fully saturated rings. The Balaban J connectivity index is 0. The first-order valence-corrected chi connectivity index (χ1v) is 8.44. The summed E-state index contributed by atoms with van der Waals surface area (Å²) in [6.07, 6.45) is -14.2. The van der Waals surface area contributed by atoms with Gasteiger partial charge in [-0.1, -0.05) is 0 Å². The Morgan fingerprint density at radius 3 is 1.33 bits per heavy atom. The van der Waals surface area contributed by atoms with E-state index in [-0.39, 0.29) is 0 Å². The lowest BCUT2D eigenvalue weighted by molar-refractivity contribution is -0.764. The number of hydrogen-bond acceptors (Lipinski definition) is 3. The van der Waals surface area contributed by atoms with Gasteiger partial charge in [0.25, 0.3) is 5.96 Å². The molecule has 16 heteroatoms. The summed E-state index contributed by atoms with van der Waals surface area (Å²) in [5, 5.41) is 0. The first-order chi connectivity index (χ1) is 11.6. The van der Waals surface area contributed by atoms with Crippen LogP contribution in [0.1, 0.15) is 6.92 Å². The summed E-state index contributed by atoms with van der Waals surface area (Å²) in [6.45, 7) is 2.91. The van der Waals surface area contributed by atoms with E-state index in [1.807, 2.05) is 25.9 Å². The molecular weight excluding hydrogens is 427 g/mol. The molecule has 0 saturated heterocycles. The van der Waals surface area contributed by atoms with E-state index < -0.39 is 31.0 Å². The number of hydrogen-bond donors (Lipinski definition) is 1. The zero-order valence-corrected chi connectivity index (χ0v) is 15.5. The zero-order chi connectivity index (χ0) is 22.6. The fourth-order valence-electron chi connectivity index (χ4n) is 1.41. The van der Waals surface area contributed by atoms with Gasteiger partial charge in [-0.2, -0.15) is 43.9 Å². The van der Waals surface area contributed by atoms with E-state index in [4.69, 9.17) is 0 Å². The van der Waals surface area contributed by atoms with Gasteiger partial charge in [0.05, 0.1) is 14.1 Å². The molecule has 1 N–H and O–H groups in total. The van der Waals surface area contributed by atoms with Crippen molar-refractivity contribution in [1.82, 2.24) is 4.90 Å². The van der Waals surface area contributed by atoms with Crippen LogP contribution in [0.5, 0.6) is 0 Å². The third-order valence-corrected chi connectivity index (χ3v) is 4.59. The van der Waals surface area contributed by atoms with E-state index in [9.17, 15) is 53.4 Å². The number of halogens is 10. The average Bonchev–Trinajstić information content (AvgIpc) is 2.41. The predicted octanol–water partition coefficient (Wildman–Crippen LogP) is 2.00. The Kier molecular flexibility index (Phi) is 9.32. The first-order valence-electron chi connectivity index (χ1n) is 6.82. The van der Waals surface area contributed by atoms with Crippen molar-refractivity contribution in [3.63, 3.8) is 0 Å². The number of nitrogens with one attached hydrogen (secondary N) is 1. The standard InChI is InChI=1S/C7H17N3.C4HF10O2P/c1-6-8-7(9(2)3)10(4)5;5-1(6,7)3(11,12)17(15,16)4(13,14)2(8,9)10/h6H2,1-5H3;(H,15,16). The van der Waals surface area contributed by atoms with Gasteiger partial charge in [-0.25, -0.2) is 4.99 Å². The minimum absolute atomic E-state index is 0.860. The highest BCUT2D eigenvalue weighted by atomic mass is 31.2. The molecule has 164 valence electrons. The second-order valence-corrected chi connectivity index (χ2v) is 7.55. The highest BCUT2D eigenvalue weighted by Crippen LogP contribution is 2.72. The Bertz CT molecular complexity index is 518. The quantitative estimate of drug-likeness (QED) is 0.313. The maximum absolute atomic E-state index is 12.1. The van der Waals surface area contributed by atoms with Gasteiger partial charge in [0.15, 0.2) is 7.37 Å². The van der Waals surface area contributed by atoms with Gasteiger partial charge in [0.2, 0.25) is 0 Å². The molecule has 0 saturated carbocycles. The number of guanidine groups is 1. The van der Waals surface area contributed by atoms with E-state index >= 15 is 0 Å². The van der Waals surface area contributed by atoms with Crippen LogP contribution in [-0.4, -0.2) is 69.3 Å². The van der Waals surface area contributed by atoms with Crippen LogP contribution in [0.15, 0.2) is 4.99 Å². The second-order valence-electron chi connectivity index (χ2n) is 5.32. The molecule has 0 spiro atoms. The normalized spacial score (nSPS) is 14.8. The average molecular weight is 445 g/mol. The number of nitrogens with zero attached hydrogens (tertiary/aromatic N) is 2. The van der Waals surface area contributed by atoms with Crippen molar-refractivity contribution in [3.05, 3.63) is 0 Å². The molecule has 5 nitrogen and oxygen atoms in total. The van der Waals surface area contributed by atoms with Gasteiger partial charge in [0.1, 0.15) is 0 Å². The summed E-state index contributed by atoms with van der Waals surface area (Å²) in [5.41, 5.74) is -14.4. The molecule has 0 aromatic carbocycles. The van der Waals surface area contributed by atoms with Crippen molar-refractivity contribution < 1.29 is 58.3 Å². The largest absolute Gasteiger partial charge is 0.790 e. The predicted molar refractivity (Wildman–Crippen MR) is 74.1 cm³/mol. The molecule has 0 aromatic rings. The third kappa shape index (κ3) is 6.21. The molecule has 27 heavy (non-hydrogen) atoms. The third-order valence-electron chi connectivity index (χ3n) is 2.60. The zero-order valence-electron chi connectivity index (χ0n) is 14.6. The SMILES string of the molecule is CCN=C(N(C)C)[NH+](C)C.O=P([O-])(C(F)(F)C(F)(F)F)C(F)(F)C(F)(F)F. The van der Waals surface area contributed by atoms with E-state index in [1.165, 1.54) is 4.90 Å². The lowest BCUT2D eigenvalue weighted by Crippen LogP contribution is -3.10. The molecule has 0 radical (unpaired) electrons. The maximum atomic E-state index is 12.1. The Morgan fingerprint density at radius 2 is 1.22 bits per heavy atom. The van der Waals surface area contributed by atoms with Crippen LogP contribution in [0, 0.1) is 0 Å². The Morgan fingerprint density at radius 1 is 0.926 bits per heavy atom. The van der Waals surface area contributed by atoms with Gasteiger partial charge in [-0.3, -0.25) is 4.90 Å². The second kappa shape index (κ2) is 8.95. The van der Waals surface area contributed by atoms with Gasteiger partial charge >= 0.3 is 23.7 Å². The van der Waals surface area contributed by atoms with Crippen molar-refractivity contribution in [3.8, 4) is 0 Å².